The van der Waals surface area contributed by atoms with Crippen LogP contribution in [-0.2, 0) is 13.1 Å². The molecule has 0 spiro atoms. The quantitative estimate of drug-likeness (QED) is 0.624. The summed E-state index contributed by atoms with van der Waals surface area (Å²) >= 11 is 0. The summed E-state index contributed by atoms with van der Waals surface area (Å²) in [6.07, 6.45) is 3.77. The Morgan fingerprint density at radius 2 is 1.79 bits per heavy atom. The zero-order valence-corrected chi connectivity index (χ0v) is 15.9. The molecule has 0 bridgehead atoms. The third kappa shape index (κ3) is 5.31. The summed E-state index contributed by atoms with van der Waals surface area (Å²) < 4.78 is 18.5. The van der Waals surface area contributed by atoms with E-state index in [2.05, 4.69) is 10.3 Å². The standard InChI is InChI=1S/C23H22FN3O2/c24-19-7-11-21(12-8-19)29-22-13-6-18(14-25-22)15-26-23(28)27(20-9-10-20)16-17-4-2-1-3-5-17/h1-8,11-14,20H,9-10,15-16H2,(H,26,28). The van der Waals surface area contributed by atoms with Crippen LogP contribution in [0.3, 0.4) is 0 Å². The van der Waals surface area contributed by atoms with Crippen LogP contribution in [0.1, 0.15) is 24.0 Å². The van der Waals surface area contributed by atoms with Crippen LogP contribution in [-0.4, -0.2) is 22.0 Å². The van der Waals surface area contributed by atoms with E-state index in [1.807, 2.05) is 41.3 Å². The highest BCUT2D eigenvalue weighted by Crippen LogP contribution is 2.28. The number of nitrogens with zero attached hydrogens (tertiary/aromatic N) is 2. The average Bonchev–Trinajstić information content (AvgIpc) is 3.59. The first kappa shape index (κ1) is 18.9. The molecule has 1 fully saturated rings. The molecule has 0 aliphatic heterocycles. The molecule has 1 heterocycles. The van der Waals surface area contributed by atoms with E-state index in [9.17, 15) is 9.18 Å². The molecule has 0 unspecified atom stereocenters. The summed E-state index contributed by atoms with van der Waals surface area (Å²) in [6.45, 7) is 1.00. The van der Waals surface area contributed by atoms with Crippen molar-refractivity contribution < 1.29 is 13.9 Å². The maximum atomic E-state index is 13.0. The maximum absolute atomic E-state index is 13.0. The number of pyridine rings is 1. The molecule has 1 aliphatic rings. The molecule has 5 nitrogen and oxygen atoms in total. The van der Waals surface area contributed by atoms with Gasteiger partial charge in [0, 0.05) is 31.4 Å². The molecule has 6 heteroatoms. The largest absolute Gasteiger partial charge is 0.439 e. The summed E-state index contributed by atoms with van der Waals surface area (Å²) in [5.74, 6) is 0.611. The highest BCUT2D eigenvalue weighted by Gasteiger charge is 2.32. The molecule has 3 aromatic rings. The summed E-state index contributed by atoms with van der Waals surface area (Å²) in [4.78, 5) is 18.8. The first-order chi connectivity index (χ1) is 14.2. The Balaban J connectivity index is 1.31. The normalized spacial score (nSPS) is 13.0. The van der Waals surface area contributed by atoms with Gasteiger partial charge in [-0.2, -0.15) is 0 Å². The first-order valence-electron chi connectivity index (χ1n) is 9.64. The van der Waals surface area contributed by atoms with Crippen molar-refractivity contribution in [3.63, 3.8) is 0 Å². The number of halogens is 1. The number of urea groups is 1. The molecular formula is C23H22FN3O2. The Kier molecular flexibility index (Phi) is 5.70. The molecular weight excluding hydrogens is 369 g/mol. The third-order valence-corrected chi connectivity index (χ3v) is 4.72. The van der Waals surface area contributed by atoms with Gasteiger partial charge in [0.2, 0.25) is 5.88 Å². The van der Waals surface area contributed by atoms with Gasteiger partial charge in [-0.25, -0.2) is 14.2 Å². The van der Waals surface area contributed by atoms with Crippen LogP contribution in [0.2, 0.25) is 0 Å². The van der Waals surface area contributed by atoms with Crippen LogP contribution >= 0.6 is 0 Å². The van der Waals surface area contributed by atoms with Crippen molar-refractivity contribution in [2.24, 2.45) is 0 Å². The smallest absolute Gasteiger partial charge is 0.318 e. The van der Waals surface area contributed by atoms with E-state index in [0.717, 1.165) is 24.0 Å². The van der Waals surface area contributed by atoms with Crippen molar-refractivity contribution >= 4 is 6.03 Å². The number of carbonyl (C=O) groups excluding carboxylic acids is 1. The van der Waals surface area contributed by atoms with Gasteiger partial charge in [-0.15, -0.1) is 0 Å². The summed E-state index contributed by atoms with van der Waals surface area (Å²) in [5, 5.41) is 2.98. The van der Waals surface area contributed by atoms with E-state index in [1.165, 1.54) is 12.1 Å². The fourth-order valence-electron chi connectivity index (χ4n) is 3.01. The lowest BCUT2D eigenvalue weighted by Crippen LogP contribution is -2.40. The molecule has 1 N–H and O–H groups in total. The number of nitrogens with one attached hydrogen (secondary N) is 1. The monoisotopic (exact) mass is 391 g/mol. The highest BCUT2D eigenvalue weighted by molar-refractivity contribution is 5.75. The molecule has 0 radical (unpaired) electrons. The van der Waals surface area contributed by atoms with E-state index in [0.29, 0.717) is 30.8 Å². The van der Waals surface area contributed by atoms with Gasteiger partial charge in [0.1, 0.15) is 11.6 Å². The van der Waals surface area contributed by atoms with Gasteiger partial charge in [-0.1, -0.05) is 36.4 Å². The van der Waals surface area contributed by atoms with E-state index in [4.69, 9.17) is 4.74 Å². The zero-order valence-electron chi connectivity index (χ0n) is 15.9. The number of ether oxygens (including phenoxy) is 1. The highest BCUT2D eigenvalue weighted by atomic mass is 19.1. The molecule has 29 heavy (non-hydrogen) atoms. The van der Waals surface area contributed by atoms with Crippen LogP contribution in [0, 0.1) is 5.82 Å². The molecule has 4 rings (SSSR count). The SMILES string of the molecule is O=C(NCc1ccc(Oc2ccc(F)cc2)nc1)N(Cc1ccccc1)C1CC1. The molecule has 2 aromatic carbocycles. The second-order valence-electron chi connectivity index (χ2n) is 7.06. The van der Waals surface area contributed by atoms with Crippen molar-refractivity contribution in [3.8, 4) is 11.6 Å². The van der Waals surface area contributed by atoms with Crippen LogP contribution < -0.4 is 10.1 Å². The van der Waals surface area contributed by atoms with Crippen LogP contribution in [0.5, 0.6) is 11.6 Å². The Hall–Kier alpha value is -3.41. The van der Waals surface area contributed by atoms with E-state index >= 15 is 0 Å². The minimum Gasteiger partial charge on any atom is -0.439 e. The van der Waals surface area contributed by atoms with Gasteiger partial charge in [-0.3, -0.25) is 0 Å². The number of hydrogen-bond donors (Lipinski definition) is 1. The predicted molar refractivity (Wildman–Crippen MR) is 108 cm³/mol. The number of benzene rings is 2. The molecule has 0 saturated heterocycles. The van der Waals surface area contributed by atoms with E-state index in [-0.39, 0.29) is 11.8 Å². The predicted octanol–water partition coefficient (Wildman–Crippen LogP) is 4.89. The maximum Gasteiger partial charge on any atom is 0.318 e. The van der Waals surface area contributed by atoms with Gasteiger partial charge in [0.25, 0.3) is 0 Å². The number of aromatic nitrogens is 1. The van der Waals surface area contributed by atoms with Gasteiger partial charge in [0.15, 0.2) is 0 Å². The van der Waals surface area contributed by atoms with Gasteiger partial charge >= 0.3 is 6.03 Å². The number of carbonyl (C=O) groups is 1. The Morgan fingerprint density at radius 3 is 2.45 bits per heavy atom. The lowest BCUT2D eigenvalue weighted by molar-refractivity contribution is 0.191. The summed E-state index contributed by atoms with van der Waals surface area (Å²) in [5.41, 5.74) is 2.00. The average molecular weight is 391 g/mol. The molecule has 148 valence electrons. The van der Waals surface area contributed by atoms with E-state index in [1.54, 1.807) is 24.4 Å². The minimum atomic E-state index is -0.316. The molecule has 1 aliphatic carbocycles. The Labute approximate surface area is 169 Å². The molecule has 0 atom stereocenters. The minimum absolute atomic E-state index is 0.0667. The van der Waals surface area contributed by atoms with E-state index < -0.39 is 0 Å². The second kappa shape index (κ2) is 8.73. The van der Waals surface area contributed by atoms with Crippen molar-refractivity contribution in [2.75, 3.05) is 0 Å². The van der Waals surface area contributed by atoms with Crippen molar-refractivity contribution in [2.45, 2.75) is 32.0 Å². The lowest BCUT2D eigenvalue weighted by Gasteiger charge is -2.23. The first-order valence-corrected chi connectivity index (χ1v) is 9.64. The summed E-state index contributed by atoms with van der Waals surface area (Å²) in [6, 6.07) is 19.6. The van der Waals surface area contributed by atoms with Crippen LogP contribution in [0.25, 0.3) is 0 Å². The molecule has 1 saturated carbocycles. The zero-order chi connectivity index (χ0) is 20.1. The van der Waals surface area contributed by atoms with Gasteiger partial charge in [-0.05, 0) is 48.2 Å². The number of rotatable bonds is 7. The fourth-order valence-corrected chi connectivity index (χ4v) is 3.01. The number of amides is 2. The lowest BCUT2D eigenvalue weighted by atomic mass is 10.2. The van der Waals surface area contributed by atoms with Gasteiger partial charge < -0.3 is 15.0 Å². The number of hydrogen-bond acceptors (Lipinski definition) is 3. The fraction of sp³-hybridized carbons (Fsp3) is 0.217. The topological polar surface area (TPSA) is 54.5 Å². The summed E-state index contributed by atoms with van der Waals surface area (Å²) in [7, 11) is 0. The second-order valence-corrected chi connectivity index (χ2v) is 7.06. The van der Waals surface area contributed by atoms with Crippen LogP contribution in [0.15, 0.2) is 72.9 Å². The Bertz CT molecular complexity index is 942. The van der Waals surface area contributed by atoms with Crippen molar-refractivity contribution in [3.05, 3.63) is 89.9 Å². The molecule has 1 aromatic heterocycles. The van der Waals surface area contributed by atoms with Crippen molar-refractivity contribution in [1.29, 1.82) is 0 Å². The Morgan fingerprint density at radius 1 is 1.03 bits per heavy atom. The van der Waals surface area contributed by atoms with Gasteiger partial charge in [0.05, 0.1) is 0 Å². The van der Waals surface area contributed by atoms with Crippen molar-refractivity contribution in [1.82, 2.24) is 15.2 Å². The molecule has 2 amide bonds. The third-order valence-electron chi connectivity index (χ3n) is 4.72. The van der Waals surface area contributed by atoms with Crippen LogP contribution in [0.4, 0.5) is 9.18 Å².